The fraction of sp³-hybridized carbons (Fsp3) is 0.200. The molecule has 0 aliphatic carbocycles. The number of hydrogen-bond acceptors (Lipinski definition) is 0. The molecule has 0 amide bonds. The third kappa shape index (κ3) is 2.43. The zero-order valence-electron chi connectivity index (χ0n) is 7.03. The molecule has 0 aromatic heterocycles. The topological polar surface area (TPSA) is 0 Å². The van der Waals surface area contributed by atoms with Gasteiger partial charge in [0.15, 0.2) is 0 Å². The van der Waals surface area contributed by atoms with E-state index in [1.54, 1.807) is 0 Å². The second-order valence-corrected chi connectivity index (χ2v) is 3.10. The molecular formula is C10H6ClF3. The van der Waals surface area contributed by atoms with Gasteiger partial charge in [0.2, 0.25) is 0 Å². The van der Waals surface area contributed by atoms with E-state index in [9.17, 15) is 13.2 Å². The lowest BCUT2D eigenvalue weighted by molar-refractivity contribution is -0.137. The average Bonchev–Trinajstić information content (AvgIpc) is 2.02. The Morgan fingerprint density at radius 2 is 2.00 bits per heavy atom. The van der Waals surface area contributed by atoms with Crippen molar-refractivity contribution in [3.8, 4) is 12.3 Å². The van der Waals surface area contributed by atoms with Gasteiger partial charge in [-0.3, -0.25) is 0 Å². The molecule has 1 rings (SSSR count). The first-order chi connectivity index (χ1) is 6.45. The fourth-order valence-corrected chi connectivity index (χ4v) is 1.33. The van der Waals surface area contributed by atoms with Crippen molar-refractivity contribution in [2.75, 3.05) is 0 Å². The van der Waals surface area contributed by atoms with Crippen LogP contribution in [0.5, 0.6) is 0 Å². The average molecular weight is 219 g/mol. The van der Waals surface area contributed by atoms with E-state index in [0.717, 1.165) is 6.07 Å². The molecule has 0 aliphatic rings. The van der Waals surface area contributed by atoms with Gasteiger partial charge in [-0.25, -0.2) is 0 Å². The molecule has 0 unspecified atom stereocenters. The Morgan fingerprint density at radius 3 is 2.43 bits per heavy atom. The molecule has 0 nitrogen and oxygen atoms in total. The number of benzene rings is 1. The first kappa shape index (κ1) is 10.9. The minimum atomic E-state index is -4.41. The van der Waals surface area contributed by atoms with Gasteiger partial charge in [-0.1, -0.05) is 17.7 Å². The lowest BCUT2D eigenvalue weighted by atomic mass is 10.1. The second kappa shape index (κ2) is 3.93. The number of rotatable bonds is 1. The molecule has 0 fully saturated rings. The monoisotopic (exact) mass is 218 g/mol. The molecular weight excluding hydrogens is 213 g/mol. The molecule has 4 heteroatoms. The van der Waals surface area contributed by atoms with E-state index in [2.05, 4.69) is 5.92 Å². The van der Waals surface area contributed by atoms with Crippen LogP contribution in [0.2, 0.25) is 5.02 Å². The van der Waals surface area contributed by atoms with Crippen molar-refractivity contribution < 1.29 is 13.2 Å². The van der Waals surface area contributed by atoms with Crippen LogP contribution in [0.15, 0.2) is 18.2 Å². The van der Waals surface area contributed by atoms with Gasteiger partial charge in [0.25, 0.3) is 0 Å². The predicted octanol–water partition coefficient (Wildman–Crippen LogP) is 3.53. The summed E-state index contributed by atoms with van der Waals surface area (Å²) in [6, 6.07) is 3.51. The Morgan fingerprint density at radius 1 is 1.36 bits per heavy atom. The van der Waals surface area contributed by atoms with Gasteiger partial charge in [-0.2, -0.15) is 13.2 Å². The summed E-state index contributed by atoms with van der Waals surface area (Å²) in [6.45, 7) is 0. The summed E-state index contributed by atoms with van der Waals surface area (Å²) in [4.78, 5) is 0. The standard InChI is InChI=1S/C10H6ClF3/c1-2-3-7-4-5-8(9(11)6-7)10(12,13)14/h1,4-6H,3H2. The second-order valence-electron chi connectivity index (χ2n) is 2.69. The Labute approximate surface area is 84.7 Å². The van der Waals surface area contributed by atoms with Crippen molar-refractivity contribution >= 4 is 11.6 Å². The molecule has 0 radical (unpaired) electrons. The van der Waals surface area contributed by atoms with Crippen molar-refractivity contribution in [3.63, 3.8) is 0 Å². The van der Waals surface area contributed by atoms with Crippen LogP contribution in [0.3, 0.4) is 0 Å². The fourth-order valence-electron chi connectivity index (χ4n) is 1.02. The largest absolute Gasteiger partial charge is 0.417 e. The molecule has 0 saturated heterocycles. The lowest BCUT2D eigenvalue weighted by Crippen LogP contribution is -2.05. The normalized spacial score (nSPS) is 11.1. The molecule has 14 heavy (non-hydrogen) atoms. The highest BCUT2D eigenvalue weighted by atomic mass is 35.5. The summed E-state index contributed by atoms with van der Waals surface area (Å²) in [6.07, 6.45) is 0.884. The third-order valence-corrected chi connectivity index (χ3v) is 1.96. The molecule has 0 saturated carbocycles. The summed E-state index contributed by atoms with van der Waals surface area (Å²) in [5, 5.41) is -0.315. The highest BCUT2D eigenvalue weighted by Crippen LogP contribution is 2.34. The van der Waals surface area contributed by atoms with Crippen molar-refractivity contribution in [1.29, 1.82) is 0 Å². The third-order valence-electron chi connectivity index (χ3n) is 1.65. The molecule has 74 valence electrons. The Balaban J connectivity index is 3.09. The van der Waals surface area contributed by atoms with Crippen molar-refractivity contribution in [1.82, 2.24) is 0 Å². The van der Waals surface area contributed by atoms with Crippen LogP contribution in [0.25, 0.3) is 0 Å². The Bertz CT molecular complexity index is 374. The summed E-state index contributed by atoms with van der Waals surface area (Å²) in [7, 11) is 0. The molecule has 0 spiro atoms. The molecule has 0 atom stereocenters. The van der Waals surface area contributed by atoms with Gasteiger partial charge in [-0.05, 0) is 17.7 Å². The molecule has 1 aromatic rings. The van der Waals surface area contributed by atoms with Crippen LogP contribution >= 0.6 is 11.6 Å². The van der Waals surface area contributed by atoms with Crippen LogP contribution in [0.4, 0.5) is 13.2 Å². The zero-order chi connectivity index (χ0) is 10.8. The van der Waals surface area contributed by atoms with Crippen LogP contribution < -0.4 is 0 Å². The quantitative estimate of drug-likeness (QED) is 0.633. The van der Waals surface area contributed by atoms with E-state index >= 15 is 0 Å². The van der Waals surface area contributed by atoms with Crippen molar-refractivity contribution in [3.05, 3.63) is 34.3 Å². The smallest absolute Gasteiger partial charge is 0.166 e. The van der Waals surface area contributed by atoms with Crippen LogP contribution in [-0.2, 0) is 12.6 Å². The highest BCUT2D eigenvalue weighted by molar-refractivity contribution is 6.31. The van der Waals surface area contributed by atoms with Gasteiger partial charge in [0.05, 0.1) is 10.6 Å². The molecule has 0 heterocycles. The molecule has 0 aliphatic heterocycles. The van der Waals surface area contributed by atoms with E-state index in [0.29, 0.717) is 5.56 Å². The molecule has 1 aromatic carbocycles. The lowest BCUT2D eigenvalue weighted by Gasteiger charge is -2.09. The molecule has 0 bridgehead atoms. The van der Waals surface area contributed by atoms with E-state index in [1.165, 1.54) is 12.1 Å². The minimum absolute atomic E-state index is 0.276. The first-order valence-electron chi connectivity index (χ1n) is 3.74. The number of alkyl halides is 3. The van der Waals surface area contributed by atoms with Gasteiger partial charge >= 0.3 is 6.18 Å². The zero-order valence-corrected chi connectivity index (χ0v) is 7.78. The maximum atomic E-state index is 12.2. The van der Waals surface area contributed by atoms with E-state index in [4.69, 9.17) is 18.0 Å². The van der Waals surface area contributed by atoms with Crippen LogP contribution in [-0.4, -0.2) is 0 Å². The van der Waals surface area contributed by atoms with Gasteiger partial charge in [-0.15, -0.1) is 12.3 Å². The van der Waals surface area contributed by atoms with Gasteiger partial charge in [0.1, 0.15) is 0 Å². The number of terminal acetylenes is 1. The number of halogens is 4. The maximum absolute atomic E-state index is 12.2. The highest BCUT2D eigenvalue weighted by Gasteiger charge is 2.32. The summed E-state index contributed by atoms with van der Waals surface area (Å²) in [5.41, 5.74) is -0.231. The Hall–Kier alpha value is -1.14. The number of hydrogen-bond donors (Lipinski definition) is 0. The summed E-state index contributed by atoms with van der Waals surface area (Å²) < 4.78 is 36.7. The van der Waals surface area contributed by atoms with Crippen LogP contribution in [0, 0.1) is 12.3 Å². The van der Waals surface area contributed by atoms with E-state index in [-0.39, 0.29) is 11.4 Å². The van der Waals surface area contributed by atoms with E-state index < -0.39 is 11.7 Å². The molecule has 0 N–H and O–H groups in total. The van der Waals surface area contributed by atoms with Crippen molar-refractivity contribution in [2.45, 2.75) is 12.6 Å². The van der Waals surface area contributed by atoms with E-state index in [1.807, 2.05) is 0 Å². The summed E-state index contributed by atoms with van der Waals surface area (Å²) >= 11 is 5.46. The maximum Gasteiger partial charge on any atom is 0.417 e. The summed E-state index contributed by atoms with van der Waals surface area (Å²) in [5.74, 6) is 2.33. The Kier molecular flexibility index (Phi) is 3.07. The predicted molar refractivity (Wildman–Crippen MR) is 49.0 cm³/mol. The minimum Gasteiger partial charge on any atom is -0.166 e. The van der Waals surface area contributed by atoms with Crippen LogP contribution in [0.1, 0.15) is 11.1 Å². The van der Waals surface area contributed by atoms with Gasteiger partial charge < -0.3 is 0 Å². The first-order valence-corrected chi connectivity index (χ1v) is 4.12. The van der Waals surface area contributed by atoms with Crippen molar-refractivity contribution in [2.24, 2.45) is 0 Å². The van der Waals surface area contributed by atoms with Gasteiger partial charge in [0, 0.05) is 6.42 Å². The SMILES string of the molecule is C#CCc1ccc(C(F)(F)F)c(Cl)c1.